The number of hydrogen-bond acceptors (Lipinski definition) is 1. The van der Waals surface area contributed by atoms with Crippen molar-refractivity contribution in [2.45, 2.75) is 25.4 Å². The van der Waals surface area contributed by atoms with E-state index in [1.165, 1.54) is 0 Å². The summed E-state index contributed by atoms with van der Waals surface area (Å²) in [4.78, 5) is 0. The molecule has 0 aliphatic heterocycles. The summed E-state index contributed by atoms with van der Waals surface area (Å²) < 4.78 is 0. The molecule has 1 N–H and O–H groups in total. The van der Waals surface area contributed by atoms with Crippen LogP contribution in [0.3, 0.4) is 0 Å². The van der Waals surface area contributed by atoms with Crippen LogP contribution in [-0.4, -0.2) is 11.2 Å². The minimum atomic E-state index is -0.182. The Kier molecular flexibility index (Phi) is 1.82. The molecule has 60 valence electrons. The number of fused-ring (bicyclic) bond motifs is 1. The van der Waals surface area contributed by atoms with Gasteiger partial charge >= 0.3 is 0 Å². The Hall–Kier alpha value is -0.560. The van der Waals surface area contributed by atoms with E-state index < -0.39 is 0 Å². The molecular weight excluding hydrogens is 136 g/mol. The third-order valence-corrected chi connectivity index (χ3v) is 2.83. The zero-order valence-corrected chi connectivity index (χ0v) is 6.61. The standard InChI is InChI=1S/C10H14O/c11-10-7-3-5-8-4-1-2-6-9(8)10/h1-3,7-11H,4-6H2/t8-,9-,10-/m1/s1. The van der Waals surface area contributed by atoms with Crippen LogP contribution < -0.4 is 0 Å². The topological polar surface area (TPSA) is 20.2 Å². The number of rotatable bonds is 0. The van der Waals surface area contributed by atoms with Gasteiger partial charge in [0.15, 0.2) is 0 Å². The summed E-state index contributed by atoms with van der Waals surface area (Å²) in [6.45, 7) is 0. The van der Waals surface area contributed by atoms with Crippen molar-refractivity contribution in [1.29, 1.82) is 0 Å². The molecule has 2 aliphatic rings. The molecule has 0 fully saturated rings. The second-order valence-electron chi connectivity index (χ2n) is 3.52. The van der Waals surface area contributed by atoms with Gasteiger partial charge in [-0.05, 0) is 31.1 Å². The minimum absolute atomic E-state index is 0.182. The van der Waals surface area contributed by atoms with Gasteiger partial charge in [-0.15, -0.1) is 0 Å². The fourth-order valence-corrected chi connectivity index (χ4v) is 2.12. The second-order valence-corrected chi connectivity index (χ2v) is 3.52. The summed E-state index contributed by atoms with van der Waals surface area (Å²) in [6.07, 6.45) is 11.7. The normalized spacial score (nSPS) is 42.1. The molecule has 0 radical (unpaired) electrons. The molecule has 0 aromatic heterocycles. The smallest absolute Gasteiger partial charge is 0.0754 e. The van der Waals surface area contributed by atoms with Crippen molar-refractivity contribution in [3.05, 3.63) is 24.3 Å². The van der Waals surface area contributed by atoms with Crippen molar-refractivity contribution in [3.63, 3.8) is 0 Å². The first-order valence-electron chi connectivity index (χ1n) is 4.37. The van der Waals surface area contributed by atoms with Crippen LogP contribution >= 0.6 is 0 Å². The SMILES string of the molecule is O[C@@H]1C=CC[C@H]2CC=CC[C@H]21. The number of aliphatic hydroxyl groups excluding tert-OH is 1. The molecule has 1 heteroatoms. The molecule has 0 saturated heterocycles. The van der Waals surface area contributed by atoms with Crippen molar-refractivity contribution in [2.75, 3.05) is 0 Å². The highest BCUT2D eigenvalue weighted by atomic mass is 16.3. The Morgan fingerprint density at radius 3 is 2.55 bits per heavy atom. The van der Waals surface area contributed by atoms with Crippen LogP contribution in [0.5, 0.6) is 0 Å². The first-order valence-corrected chi connectivity index (χ1v) is 4.37. The Morgan fingerprint density at radius 1 is 1.00 bits per heavy atom. The van der Waals surface area contributed by atoms with Crippen LogP contribution in [-0.2, 0) is 0 Å². The molecule has 0 heterocycles. The fraction of sp³-hybridized carbons (Fsp3) is 0.600. The van der Waals surface area contributed by atoms with E-state index in [0.717, 1.165) is 19.3 Å². The van der Waals surface area contributed by atoms with Gasteiger partial charge in [-0.2, -0.15) is 0 Å². The van der Waals surface area contributed by atoms with E-state index in [-0.39, 0.29) is 6.10 Å². The lowest BCUT2D eigenvalue weighted by Crippen LogP contribution is -2.30. The van der Waals surface area contributed by atoms with Crippen molar-refractivity contribution < 1.29 is 5.11 Å². The van der Waals surface area contributed by atoms with E-state index in [4.69, 9.17) is 0 Å². The lowest BCUT2D eigenvalue weighted by Gasteiger charge is -2.33. The van der Waals surface area contributed by atoms with Crippen LogP contribution in [0.2, 0.25) is 0 Å². The van der Waals surface area contributed by atoms with Crippen molar-refractivity contribution in [2.24, 2.45) is 11.8 Å². The molecule has 0 spiro atoms. The Labute approximate surface area is 67.4 Å². The Bertz CT molecular complexity index is 193. The van der Waals surface area contributed by atoms with Crippen LogP contribution in [0.15, 0.2) is 24.3 Å². The highest BCUT2D eigenvalue weighted by Crippen LogP contribution is 2.34. The highest BCUT2D eigenvalue weighted by molar-refractivity contribution is 5.07. The number of allylic oxidation sites excluding steroid dienone is 3. The zero-order valence-electron chi connectivity index (χ0n) is 6.61. The van der Waals surface area contributed by atoms with E-state index >= 15 is 0 Å². The molecule has 3 atom stereocenters. The monoisotopic (exact) mass is 150 g/mol. The summed E-state index contributed by atoms with van der Waals surface area (Å²) in [5.41, 5.74) is 0. The molecule has 0 saturated carbocycles. The Morgan fingerprint density at radius 2 is 1.73 bits per heavy atom. The molecule has 0 aromatic carbocycles. The first kappa shape index (κ1) is 7.11. The number of aliphatic hydroxyl groups is 1. The summed E-state index contributed by atoms with van der Waals surface area (Å²) in [5.74, 6) is 1.21. The zero-order chi connectivity index (χ0) is 7.68. The maximum absolute atomic E-state index is 9.58. The summed E-state index contributed by atoms with van der Waals surface area (Å²) >= 11 is 0. The van der Waals surface area contributed by atoms with E-state index in [9.17, 15) is 5.11 Å². The quantitative estimate of drug-likeness (QED) is 0.523. The van der Waals surface area contributed by atoms with Crippen LogP contribution in [0.25, 0.3) is 0 Å². The van der Waals surface area contributed by atoms with Crippen molar-refractivity contribution in [3.8, 4) is 0 Å². The van der Waals surface area contributed by atoms with Gasteiger partial charge in [0.05, 0.1) is 6.10 Å². The van der Waals surface area contributed by atoms with E-state index in [1.807, 2.05) is 6.08 Å². The first-order chi connectivity index (χ1) is 5.38. The van der Waals surface area contributed by atoms with E-state index in [1.54, 1.807) is 0 Å². The van der Waals surface area contributed by atoms with E-state index in [0.29, 0.717) is 11.8 Å². The molecule has 0 aromatic rings. The van der Waals surface area contributed by atoms with Crippen LogP contribution in [0, 0.1) is 11.8 Å². The molecule has 2 aliphatic carbocycles. The third-order valence-electron chi connectivity index (χ3n) is 2.83. The minimum Gasteiger partial charge on any atom is -0.389 e. The summed E-state index contributed by atoms with van der Waals surface area (Å²) in [6, 6.07) is 0. The molecule has 0 amide bonds. The van der Waals surface area contributed by atoms with Crippen molar-refractivity contribution in [1.82, 2.24) is 0 Å². The maximum atomic E-state index is 9.58. The summed E-state index contributed by atoms with van der Waals surface area (Å²) in [7, 11) is 0. The van der Waals surface area contributed by atoms with Gasteiger partial charge in [-0.1, -0.05) is 24.3 Å². The highest BCUT2D eigenvalue weighted by Gasteiger charge is 2.28. The average Bonchev–Trinajstić information content (AvgIpc) is 2.06. The van der Waals surface area contributed by atoms with E-state index in [2.05, 4.69) is 18.2 Å². The molecule has 11 heavy (non-hydrogen) atoms. The van der Waals surface area contributed by atoms with Gasteiger partial charge in [-0.25, -0.2) is 0 Å². The third kappa shape index (κ3) is 1.25. The largest absolute Gasteiger partial charge is 0.389 e. The van der Waals surface area contributed by atoms with Crippen molar-refractivity contribution >= 4 is 0 Å². The second kappa shape index (κ2) is 2.82. The van der Waals surface area contributed by atoms with Gasteiger partial charge in [0.25, 0.3) is 0 Å². The lowest BCUT2D eigenvalue weighted by atomic mass is 9.75. The molecular formula is C10H14O. The number of hydrogen-bond donors (Lipinski definition) is 1. The molecule has 1 nitrogen and oxygen atoms in total. The fourth-order valence-electron chi connectivity index (χ4n) is 2.12. The molecule has 0 bridgehead atoms. The lowest BCUT2D eigenvalue weighted by molar-refractivity contribution is 0.101. The van der Waals surface area contributed by atoms with Gasteiger partial charge in [0.1, 0.15) is 0 Å². The summed E-state index contributed by atoms with van der Waals surface area (Å²) in [5, 5.41) is 9.58. The Balaban J connectivity index is 2.15. The van der Waals surface area contributed by atoms with Gasteiger partial charge in [-0.3, -0.25) is 0 Å². The maximum Gasteiger partial charge on any atom is 0.0754 e. The van der Waals surface area contributed by atoms with Gasteiger partial charge < -0.3 is 5.11 Å². The molecule has 2 rings (SSSR count). The molecule has 0 unspecified atom stereocenters. The predicted molar refractivity (Wildman–Crippen MR) is 45.1 cm³/mol. The predicted octanol–water partition coefficient (Wildman–Crippen LogP) is 1.89. The van der Waals surface area contributed by atoms with Crippen LogP contribution in [0.4, 0.5) is 0 Å². The van der Waals surface area contributed by atoms with Gasteiger partial charge in [0, 0.05) is 0 Å². The van der Waals surface area contributed by atoms with Gasteiger partial charge in [0.2, 0.25) is 0 Å². The average molecular weight is 150 g/mol. The van der Waals surface area contributed by atoms with Crippen LogP contribution in [0.1, 0.15) is 19.3 Å².